The van der Waals surface area contributed by atoms with Crippen molar-refractivity contribution in [2.24, 2.45) is 5.92 Å². The van der Waals surface area contributed by atoms with E-state index in [-0.39, 0.29) is 11.7 Å². The molecule has 2 rings (SSSR count). The summed E-state index contributed by atoms with van der Waals surface area (Å²) in [5, 5.41) is 22.6. The number of hydrogen-bond acceptors (Lipinski definition) is 4. The van der Waals surface area contributed by atoms with Crippen LogP contribution in [0, 0.1) is 21.8 Å². The Morgan fingerprint density at radius 2 is 2.21 bits per heavy atom. The van der Waals surface area contributed by atoms with E-state index in [9.17, 15) is 19.3 Å². The molecule has 1 aromatic rings. The summed E-state index contributed by atoms with van der Waals surface area (Å²) < 4.78 is 13.6. The fourth-order valence-corrected chi connectivity index (χ4v) is 1.95. The molecule has 0 saturated heterocycles. The lowest BCUT2D eigenvalue weighted by Crippen LogP contribution is -2.18. The van der Waals surface area contributed by atoms with Crippen molar-refractivity contribution in [3.8, 4) is 0 Å². The molecule has 0 amide bonds. The molecule has 0 spiro atoms. The van der Waals surface area contributed by atoms with Gasteiger partial charge >= 0.3 is 5.97 Å². The number of halogens is 1. The molecule has 0 aromatic heterocycles. The maximum Gasteiger partial charge on any atom is 0.338 e. The number of benzene rings is 1. The first-order chi connectivity index (χ1) is 8.90. The molecular weight excluding hydrogens is 255 g/mol. The van der Waals surface area contributed by atoms with E-state index in [1.165, 1.54) is 0 Å². The molecule has 1 aliphatic carbocycles. The Kier molecular flexibility index (Phi) is 3.37. The van der Waals surface area contributed by atoms with Gasteiger partial charge in [-0.2, -0.15) is 0 Å². The first-order valence-corrected chi connectivity index (χ1v) is 5.88. The molecule has 1 atom stereocenters. The zero-order valence-corrected chi connectivity index (χ0v) is 10.2. The number of carboxylic acid groups (broad SMARTS) is 1. The Bertz CT molecular complexity index is 543. The molecule has 1 saturated carbocycles. The molecule has 19 heavy (non-hydrogen) atoms. The molecule has 0 aliphatic heterocycles. The molecule has 7 heteroatoms. The molecule has 2 N–H and O–H groups in total. The van der Waals surface area contributed by atoms with Crippen LogP contribution in [0.1, 0.15) is 30.1 Å². The van der Waals surface area contributed by atoms with Crippen LogP contribution in [0.3, 0.4) is 0 Å². The molecule has 1 fully saturated rings. The van der Waals surface area contributed by atoms with Gasteiger partial charge in [0.1, 0.15) is 17.1 Å². The van der Waals surface area contributed by atoms with E-state index in [2.05, 4.69) is 5.32 Å². The van der Waals surface area contributed by atoms with Crippen molar-refractivity contribution in [2.75, 3.05) is 5.32 Å². The Morgan fingerprint density at radius 1 is 1.58 bits per heavy atom. The topological polar surface area (TPSA) is 92.5 Å². The van der Waals surface area contributed by atoms with Crippen molar-refractivity contribution in [3.63, 3.8) is 0 Å². The van der Waals surface area contributed by atoms with Gasteiger partial charge in [0.05, 0.1) is 4.92 Å². The molecule has 102 valence electrons. The minimum atomic E-state index is -1.53. The van der Waals surface area contributed by atoms with E-state index in [1.54, 1.807) is 0 Å². The molecular formula is C12H13FN2O4. The Hall–Kier alpha value is -2.18. The van der Waals surface area contributed by atoms with E-state index in [4.69, 9.17) is 5.11 Å². The maximum atomic E-state index is 13.6. The third-order valence-corrected chi connectivity index (χ3v) is 3.22. The fourth-order valence-electron chi connectivity index (χ4n) is 1.95. The summed E-state index contributed by atoms with van der Waals surface area (Å²) in [5.41, 5.74) is -1.10. The number of hydrogen-bond donors (Lipinski definition) is 2. The lowest BCUT2D eigenvalue weighted by atomic mass is 10.1. The normalized spacial score (nSPS) is 15.9. The van der Waals surface area contributed by atoms with Crippen LogP contribution < -0.4 is 5.32 Å². The predicted octanol–water partition coefficient (Wildman–Crippen LogP) is 2.64. The van der Waals surface area contributed by atoms with Crippen LogP contribution in [0.4, 0.5) is 15.8 Å². The van der Waals surface area contributed by atoms with Crippen molar-refractivity contribution in [1.82, 2.24) is 0 Å². The quantitative estimate of drug-likeness (QED) is 0.632. The van der Waals surface area contributed by atoms with Crippen molar-refractivity contribution >= 4 is 17.3 Å². The average Bonchev–Trinajstić information content (AvgIpc) is 3.11. The van der Waals surface area contributed by atoms with Gasteiger partial charge in [0, 0.05) is 18.2 Å². The number of aromatic carboxylic acids is 1. The SMILES string of the molecule is CC(Nc1cc(F)c(C(=O)O)cc1[N+](=O)[O-])C1CC1. The monoisotopic (exact) mass is 268 g/mol. The molecule has 1 aromatic carbocycles. The van der Waals surface area contributed by atoms with Crippen LogP contribution in [0.15, 0.2) is 12.1 Å². The number of nitro groups is 1. The minimum absolute atomic E-state index is 0.00576. The molecule has 6 nitrogen and oxygen atoms in total. The number of nitro benzene ring substituents is 1. The molecule has 0 radical (unpaired) electrons. The first kappa shape index (κ1) is 13.3. The van der Waals surface area contributed by atoms with Gasteiger partial charge in [0.25, 0.3) is 5.69 Å². The third-order valence-electron chi connectivity index (χ3n) is 3.22. The van der Waals surface area contributed by atoms with Crippen molar-refractivity contribution in [1.29, 1.82) is 0 Å². The molecule has 0 bridgehead atoms. The van der Waals surface area contributed by atoms with E-state index in [1.807, 2.05) is 6.92 Å². The number of anilines is 1. The van der Waals surface area contributed by atoms with Gasteiger partial charge in [-0.15, -0.1) is 0 Å². The van der Waals surface area contributed by atoms with Crippen LogP contribution in [-0.4, -0.2) is 22.0 Å². The van der Waals surface area contributed by atoms with Crippen LogP contribution in [0.5, 0.6) is 0 Å². The zero-order valence-electron chi connectivity index (χ0n) is 10.2. The predicted molar refractivity (Wildman–Crippen MR) is 65.8 cm³/mol. The molecule has 1 aliphatic rings. The summed E-state index contributed by atoms with van der Waals surface area (Å²) >= 11 is 0. The third kappa shape index (κ3) is 2.81. The lowest BCUT2D eigenvalue weighted by molar-refractivity contribution is -0.384. The molecule has 1 unspecified atom stereocenters. The van der Waals surface area contributed by atoms with E-state index < -0.39 is 28.0 Å². The van der Waals surface area contributed by atoms with Gasteiger partial charge < -0.3 is 10.4 Å². The fraction of sp³-hybridized carbons (Fsp3) is 0.417. The average molecular weight is 268 g/mol. The Labute approximate surface area is 108 Å². The second kappa shape index (κ2) is 4.83. The van der Waals surface area contributed by atoms with Gasteiger partial charge in [-0.05, 0) is 25.7 Å². The Balaban J connectivity index is 2.37. The van der Waals surface area contributed by atoms with Crippen molar-refractivity contribution < 1.29 is 19.2 Å². The summed E-state index contributed by atoms with van der Waals surface area (Å²) in [5.74, 6) is -2.08. The second-order valence-electron chi connectivity index (χ2n) is 4.68. The van der Waals surface area contributed by atoms with Crippen molar-refractivity contribution in [3.05, 3.63) is 33.6 Å². The van der Waals surface area contributed by atoms with Gasteiger partial charge in [-0.25, -0.2) is 9.18 Å². The second-order valence-corrected chi connectivity index (χ2v) is 4.68. The van der Waals surface area contributed by atoms with E-state index in [0.29, 0.717) is 5.92 Å². The lowest BCUT2D eigenvalue weighted by Gasteiger charge is -2.14. The van der Waals surface area contributed by atoms with Crippen LogP contribution in [0.2, 0.25) is 0 Å². The number of rotatable bonds is 5. The Morgan fingerprint density at radius 3 is 2.68 bits per heavy atom. The standard InChI is InChI=1S/C12H13FN2O4/c1-6(7-2-3-7)14-10-5-9(13)8(12(16)17)4-11(10)15(18)19/h4-7,14H,2-3H2,1H3,(H,16,17). The highest BCUT2D eigenvalue weighted by atomic mass is 19.1. The van der Waals surface area contributed by atoms with Crippen LogP contribution in [-0.2, 0) is 0 Å². The summed E-state index contributed by atoms with van der Waals surface area (Å²) in [6.45, 7) is 1.87. The smallest absolute Gasteiger partial charge is 0.338 e. The van der Waals surface area contributed by atoms with Gasteiger partial charge in [-0.1, -0.05) is 0 Å². The summed E-state index contributed by atoms with van der Waals surface area (Å²) in [6, 6.07) is 1.62. The molecule has 0 heterocycles. The van der Waals surface area contributed by atoms with Crippen molar-refractivity contribution in [2.45, 2.75) is 25.8 Å². The number of carbonyl (C=O) groups is 1. The number of carboxylic acids is 1. The summed E-state index contributed by atoms with van der Waals surface area (Å²) in [4.78, 5) is 21.0. The van der Waals surface area contributed by atoms with Gasteiger partial charge in [0.2, 0.25) is 0 Å². The zero-order chi connectivity index (χ0) is 14.2. The van der Waals surface area contributed by atoms with E-state index in [0.717, 1.165) is 25.0 Å². The minimum Gasteiger partial charge on any atom is -0.478 e. The highest BCUT2D eigenvalue weighted by Gasteiger charge is 2.30. The highest BCUT2D eigenvalue weighted by Crippen LogP contribution is 2.36. The largest absolute Gasteiger partial charge is 0.478 e. The van der Waals surface area contributed by atoms with Crippen LogP contribution in [0.25, 0.3) is 0 Å². The highest BCUT2D eigenvalue weighted by molar-refractivity contribution is 5.90. The van der Waals surface area contributed by atoms with Gasteiger partial charge in [-0.3, -0.25) is 10.1 Å². The van der Waals surface area contributed by atoms with E-state index >= 15 is 0 Å². The number of nitrogens with one attached hydrogen (secondary N) is 1. The van der Waals surface area contributed by atoms with Gasteiger partial charge in [0.15, 0.2) is 0 Å². The summed E-state index contributed by atoms with van der Waals surface area (Å²) in [6.07, 6.45) is 2.08. The maximum absolute atomic E-state index is 13.6. The summed E-state index contributed by atoms with van der Waals surface area (Å²) in [7, 11) is 0. The number of nitrogens with zero attached hydrogens (tertiary/aromatic N) is 1. The van der Waals surface area contributed by atoms with Crippen LogP contribution >= 0.6 is 0 Å². The first-order valence-electron chi connectivity index (χ1n) is 5.88.